The molecule has 2 aromatic heterocycles. The molecular formula is C10H5Cl2FN4O. The number of aromatic nitrogens is 3. The van der Waals surface area contributed by atoms with E-state index in [1.807, 2.05) is 0 Å². The maximum atomic E-state index is 12.6. The molecule has 2 rings (SSSR count). The molecule has 0 unspecified atom stereocenters. The number of hydrogen-bond donors (Lipinski definition) is 1. The maximum absolute atomic E-state index is 12.6. The number of nitrogens with one attached hydrogen (secondary N) is 1. The van der Waals surface area contributed by atoms with Gasteiger partial charge in [-0.15, -0.1) is 0 Å². The van der Waals surface area contributed by atoms with Crippen LogP contribution in [0.5, 0.6) is 0 Å². The normalized spacial score (nSPS) is 10.2. The summed E-state index contributed by atoms with van der Waals surface area (Å²) >= 11 is 11.5. The Balaban J connectivity index is 2.24. The van der Waals surface area contributed by atoms with Gasteiger partial charge in [0, 0.05) is 6.20 Å². The number of amides is 1. The molecule has 0 atom stereocenters. The highest BCUT2D eigenvalue weighted by Crippen LogP contribution is 2.26. The minimum atomic E-state index is -0.675. The number of pyridine rings is 1. The van der Waals surface area contributed by atoms with Gasteiger partial charge in [-0.2, -0.15) is 4.39 Å². The van der Waals surface area contributed by atoms with E-state index < -0.39 is 11.9 Å². The summed E-state index contributed by atoms with van der Waals surface area (Å²) in [6.07, 6.45) is 2.26. The molecule has 2 heterocycles. The first-order valence-electron chi connectivity index (χ1n) is 4.67. The van der Waals surface area contributed by atoms with Crippen LogP contribution >= 0.6 is 23.2 Å². The van der Waals surface area contributed by atoms with Gasteiger partial charge in [-0.1, -0.05) is 23.2 Å². The lowest BCUT2D eigenvalue weighted by atomic mass is 10.2. The molecule has 18 heavy (non-hydrogen) atoms. The summed E-state index contributed by atoms with van der Waals surface area (Å²) in [5.41, 5.74) is 0.252. The van der Waals surface area contributed by atoms with Gasteiger partial charge < -0.3 is 5.32 Å². The predicted octanol–water partition coefficient (Wildman–Crippen LogP) is 2.57. The van der Waals surface area contributed by atoms with Gasteiger partial charge in [-0.3, -0.25) is 4.79 Å². The number of hydrogen-bond acceptors (Lipinski definition) is 4. The summed E-state index contributed by atoms with van der Waals surface area (Å²) < 4.78 is 12.6. The Morgan fingerprint density at radius 2 is 1.83 bits per heavy atom. The highest BCUT2D eigenvalue weighted by Gasteiger charge is 2.13. The average molecular weight is 287 g/mol. The molecular weight excluding hydrogens is 282 g/mol. The molecule has 0 fully saturated rings. The van der Waals surface area contributed by atoms with Crippen LogP contribution in [0.2, 0.25) is 10.3 Å². The van der Waals surface area contributed by atoms with E-state index in [9.17, 15) is 9.18 Å². The number of nitrogens with zero attached hydrogens (tertiary/aromatic N) is 3. The number of anilines is 1. The Labute approximate surface area is 111 Å². The summed E-state index contributed by atoms with van der Waals surface area (Å²) in [4.78, 5) is 22.5. The number of halogens is 3. The van der Waals surface area contributed by atoms with Gasteiger partial charge >= 0.3 is 0 Å². The first-order chi connectivity index (χ1) is 8.58. The average Bonchev–Trinajstić information content (AvgIpc) is 2.34. The summed E-state index contributed by atoms with van der Waals surface area (Å²) in [6.45, 7) is 0. The third-order valence-corrected chi connectivity index (χ3v) is 2.56. The number of rotatable bonds is 2. The molecule has 0 aromatic carbocycles. The lowest BCUT2D eigenvalue weighted by molar-refractivity contribution is 0.102. The highest BCUT2D eigenvalue weighted by molar-refractivity contribution is 6.38. The van der Waals surface area contributed by atoms with Gasteiger partial charge in [0.15, 0.2) is 10.3 Å². The Morgan fingerprint density at radius 3 is 2.39 bits per heavy atom. The number of carbonyl (C=O) groups is 1. The van der Waals surface area contributed by atoms with Crippen molar-refractivity contribution in [2.75, 3.05) is 5.32 Å². The van der Waals surface area contributed by atoms with Crippen molar-refractivity contribution < 1.29 is 9.18 Å². The van der Waals surface area contributed by atoms with E-state index in [0.29, 0.717) is 0 Å². The van der Waals surface area contributed by atoms with E-state index in [4.69, 9.17) is 23.2 Å². The highest BCUT2D eigenvalue weighted by atomic mass is 35.5. The van der Waals surface area contributed by atoms with Crippen LogP contribution in [-0.2, 0) is 0 Å². The molecule has 1 amide bonds. The molecule has 0 saturated carbocycles. The van der Waals surface area contributed by atoms with Crippen molar-refractivity contribution in [1.82, 2.24) is 15.0 Å². The van der Waals surface area contributed by atoms with E-state index >= 15 is 0 Å². The molecule has 1 N–H and O–H groups in total. The fourth-order valence-corrected chi connectivity index (χ4v) is 1.55. The largest absolute Gasteiger partial charge is 0.317 e. The molecule has 0 aliphatic heterocycles. The molecule has 5 nitrogen and oxygen atoms in total. The topological polar surface area (TPSA) is 67.8 Å². The van der Waals surface area contributed by atoms with Gasteiger partial charge in [0.1, 0.15) is 12.0 Å². The van der Waals surface area contributed by atoms with Crippen LogP contribution in [0.15, 0.2) is 24.7 Å². The molecule has 0 saturated heterocycles. The van der Waals surface area contributed by atoms with Crippen LogP contribution in [0.1, 0.15) is 10.4 Å². The maximum Gasteiger partial charge on any atom is 0.257 e. The van der Waals surface area contributed by atoms with Crippen molar-refractivity contribution >= 4 is 34.8 Å². The van der Waals surface area contributed by atoms with Crippen molar-refractivity contribution in [3.8, 4) is 0 Å². The molecule has 2 aromatic rings. The van der Waals surface area contributed by atoms with Crippen molar-refractivity contribution in [3.63, 3.8) is 0 Å². The standard InChI is InChI=1S/C10H5Cl2FN4O/c11-8-7(9(12)16-4-15-8)17-10(18)5-1-2-6(13)14-3-5/h1-4H,(H,17,18). The minimum Gasteiger partial charge on any atom is -0.317 e. The van der Waals surface area contributed by atoms with Gasteiger partial charge in [-0.25, -0.2) is 15.0 Å². The SMILES string of the molecule is O=C(Nc1c(Cl)ncnc1Cl)c1ccc(F)nc1. The zero-order chi connectivity index (χ0) is 13.1. The van der Waals surface area contributed by atoms with E-state index in [-0.39, 0.29) is 21.6 Å². The van der Waals surface area contributed by atoms with Crippen LogP contribution in [0, 0.1) is 5.95 Å². The molecule has 0 bridgehead atoms. The zero-order valence-corrected chi connectivity index (χ0v) is 10.2. The van der Waals surface area contributed by atoms with E-state index in [0.717, 1.165) is 12.3 Å². The van der Waals surface area contributed by atoms with Crippen LogP contribution in [0.4, 0.5) is 10.1 Å². The van der Waals surface area contributed by atoms with Gasteiger partial charge in [-0.05, 0) is 12.1 Å². The molecule has 92 valence electrons. The van der Waals surface area contributed by atoms with E-state index in [1.54, 1.807) is 0 Å². The summed E-state index contributed by atoms with van der Waals surface area (Å²) in [5.74, 6) is -1.22. The summed E-state index contributed by atoms with van der Waals surface area (Å²) in [5, 5.41) is 2.45. The predicted molar refractivity (Wildman–Crippen MR) is 64.2 cm³/mol. The molecule has 0 aliphatic carbocycles. The Morgan fingerprint density at radius 1 is 1.17 bits per heavy atom. The first-order valence-corrected chi connectivity index (χ1v) is 5.42. The minimum absolute atomic E-state index is 0.0124. The second-order valence-electron chi connectivity index (χ2n) is 3.15. The van der Waals surface area contributed by atoms with Gasteiger partial charge in [0.05, 0.1) is 5.56 Å². The van der Waals surface area contributed by atoms with Gasteiger partial charge in [0.25, 0.3) is 5.91 Å². The van der Waals surface area contributed by atoms with Crippen molar-refractivity contribution in [3.05, 3.63) is 46.5 Å². The first kappa shape index (κ1) is 12.7. The summed E-state index contributed by atoms with van der Waals surface area (Å²) in [7, 11) is 0. The Kier molecular flexibility index (Phi) is 3.69. The molecule has 0 spiro atoms. The molecule has 0 radical (unpaired) electrons. The zero-order valence-electron chi connectivity index (χ0n) is 8.69. The number of carbonyl (C=O) groups excluding carboxylic acids is 1. The lowest BCUT2D eigenvalue weighted by Crippen LogP contribution is -2.13. The van der Waals surface area contributed by atoms with Crippen LogP contribution in [0.25, 0.3) is 0 Å². The van der Waals surface area contributed by atoms with Crippen molar-refractivity contribution in [2.45, 2.75) is 0 Å². The third-order valence-electron chi connectivity index (χ3n) is 1.98. The van der Waals surface area contributed by atoms with Crippen molar-refractivity contribution in [2.24, 2.45) is 0 Å². The fraction of sp³-hybridized carbons (Fsp3) is 0. The second-order valence-corrected chi connectivity index (χ2v) is 3.87. The van der Waals surface area contributed by atoms with Crippen LogP contribution in [0.3, 0.4) is 0 Å². The summed E-state index contributed by atoms with van der Waals surface area (Å²) in [6, 6.07) is 2.35. The fourth-order valence-electron chi connectivity index (χ4n) is 1.14. The Bertz CT molecular complexity index is 571. The van der Waals surface area contributed by atoms with Gasteiger partial charge in [0.2, 0.25) is 5.95 Å². The van der Waals surface area contributed by atoms with Crippen molar-refractivity contribution in [1.29, 1.82) is 0 Å². The smallest absolute Gasteiger partial charge is 0.257 e. The lowest BCUT2D eigenvalue weighted by Gasteiger charge is -2.07. The molecule has 8 heteroatoms. The van der Waals surface area contributed by atoms with Crippen LogP contribution < -0.4 is 5.32 Å². The Hall–Kier alpha value is -1.79. The second kappa shape index (κ2) is 5.24. The van der Waals surface area contributed by atoms with E-state index in [1.165, 1.54) is 12.4 Å². The third kappa shape index (κ3) is 2.72. The monoisotopic (exact) mass is 286 g/mol. The quantitative estimate of drug-likeness (QED) is 0.681. The van der Waals surface area contributed by atoms with Crippen LogP contribution in [-0.4, -0.2) is 20.9 Å². The van der Waals surface area contributed by atoms with E-state index in [2.05, 4.69) is 20.3 Å². The molecule has 0 aliphatic rings.